The van der Waals surface area contributed by atoms with E-state index in [4.69, 9.17) is 11.6 Å². The van der Waals surface area contributed by atoms with Gasteiger partial charge in [0.1, 0.15) is 18.0 Å². The maximum atomic E-state index is 11.7. The van der Waals surface area contributed by atoms with Gasteiger partial charge in [0, 0.05) is 29.9 Å². The SMILES string of the molecule is Cc1cc(Cl)ccc1Nc1cc(N(C)C2CCS(=O)(=O)C2)ncn1. The molecule has 128 valence electrons. The molecule has 1 aliphatic heterocycles. The van der Waals surface area contributed by atoms with Crippen molar-refractivity contribution in [2.45, 2.75) is 19.4 Å². The second kappa shape index (κ2) is 6.57. The Bertz CT molecular complexity index is 857. The van der Waals surface area contributed by atoms with Crippen LogP contribution in [0.1, 0.15) is 12.0 Å². The van der Waals surface area contributed by atoms with Gasteiger partial charge in [0.25, 0.3) is 0 Å². The third-order valence-corrected chi connectivity index (χ3v) is 6.21. The van der Waals surface area contributed by atoms with Gasteiger partial charge in [-0.2, -0.15) is 0 Å². The zero-order valence-corrected chi connectivity index (χ0v) is 15.1. The van der Waals surface area contributed by atoms with E-state index in [0.29, 0.717) is 23.1 Å². The van der Waals surface area contributed by atoms with Crippen LogP contribution in [0.15, 0.2) is 30.6 Å². The van der Waals surface area contributed by atoms with Crippen LogP contribution in [0, 0.1) is 6.92 Å². The molecular formula is C16H19ClN4O2S. The molecule has 0 bridgehead atoms. The average Bonchev–Trinajstić information content (AvgIpc) is 2.90. The highest BCUT2D eigenvalue weighted by Gasteiger charge is 2.31. The summed E-state index contributed by atoms with van der Waals surface area (Å²) in [6.45, 7) is 1.96. The van der Waals surface area contributed by atoms with Gasteiger partial charge in [-0.15, -0.1) is 0 Å². The summed E-state index contributed by atoms with van der Waals surface area (Å²) in [5, 5.41) is 3.93. The van der Waals surface area contributed by atoms with Gasteiger partial charge in [-0.25, -0.2) is 18.4 Å². The number of hydrogen-bond acceptors (Lipinski definition) is 6. The first kappa shape index (κ1) is 17.0. The molecular weight excluding hydrogens is 348 g/mol. The molecule has 0 aliphatic carbocycles. The molecule has 0 spiro atoms. The standard InChI is InChI=1S/C16H19ClN4O2S/c1-11-7-12(17)3-4-14(11)20-15-8-16(19-10-18-15)21(2)13-5-6-24(22,23)9-13/h3-4,7-8,10,13H,5-6,9H2,1-2H3,(H,18,19,20). The van der Waals surface area contributed by atoms with Crippen molar-refractivity contribution in [3.05, 3.63) is 41.2 Å². The van der Waals surface area contributed by atoms with Gasteiger partial charge >= 0.3 is 0 Å². The Morgan fingerprint density at radius 1 is 1.29 bits per heavy atom. The van der Waals surface area contributed by atoms with Crippen LogP contribution in [0.2, 0.25) is 5.02 Å². The van der Waals surface area contributed by atoms with E-state index in [-0.39, 0.29) is 17.5 Å². The number of hydrogen-bond donors (Lipinski definition) is 1. The number of aromatic nitrogens is 2. The van der Waals surface area contributed by atoms with Crippen molar-refractivity contribution in [1.82, 2.24) is 9.97 Å². The zero-order chi connectivity index (χ0) is 17.3. The highest BCUT2D eigenvalue weighted by molar-refractivity contribution is 7.91. The van der Waals surface area contributed by atoms with Crippen LogP contribution >= 0.6 is 11.6 Å². The fraction of sp³-hybridized carbons (Fsp3) is 0.375. The van der Waals surface area contributed by atoms with Crippen molar-refractivity contribution < 1.29 is 8.42 Å². The molecule has 1 unspecified atom stereocenters. The van der Waals surface area contributed by atoms with Crippen molar-refractivity contribution in [1.29, 1.82) is 0 Å². The molecule has 0 saturated carbocycles. The molecule has 1 aromatic heterocycles. The van der Waals surface area contributed by atoms with E-state index in [1.54, 1.807) is 0 Å². The number of anilines is 3. The number of halogens is 1. The Balaban J connectivity index is 1.79. The summed E-state index contributed by atoms with van der Waals surface area (Å²) >= 11 is 5.97. The minimum Gasteiger partial charge on any atom is -0.355 e. The normalized spacial score (nSPS) is 19.2. The monoisotopic (exact) mass is 366 g/mol. The maximum Gasteiger partial charge on any atom is 0.152 e. The molecule has 1 aromatic carbocycles. The Labute approximate surface area is 146 Å². The lowest BCUT2D eigenvalue weighted by Crippen LogP contribution is -2.33. The number of benzene rings is 1. The van der Waals surface area contributed by atoms with Crippen LogP contribution < -0.4 is 10.2 Å². The fourth-order valence-corrected chi connectivity index (χ4v) is 4.78. The van der Waals surface area contributed by atoms with E-state index in [2.05, 4.69) is 15.3 Å². The van der Waals surface area contributed by atoms with Gasteiger partial charge < -0.3 is 10.2 Å². The van der Waals surface area contributed by atoms with Crippen molar-refractivity contribution >= 4 is 38.8 Å². The molecule has 1 atom stereocenters. The number of nitrogens with zero attached hydrogens (tertiary/aromatic N) is 3. The first-order valence-corrected chi connectivity index (χ1v) is 9.82. The second-order valence-electron chi connectivity index (χ2n) is 6.01. The molecule has 6 nitrogen and oxygen atoms in total. The first-order chi connectivity index (χ1) is 11.3. The highest BCUT2D eigenvalue weighted by atomic mass is 35.5. The topological polar surface area (TPSA) is 75.2 Å². The largest absolute Gasteiger partial charge is 0.355 e. The second-order valence-corrected chi connectivity index (χ2v) is 8.68. The van der Waals surface area contributed by atoms with Crippen LogP contribution in [0.4, 0.5) is 17.3 Å². The Morgan fingerprint density at radius 3 is 2.75 bits per heavy atom. The van der Waals surface area contributed by atoms with Crippen molar-refractivity contribution in [2.24, 2.45) is 0 Å². The van der Waals surface area contributed by atoms with Gasteiger partial charge in [-0.05, 0) is 37.1 Å². The molecule has 2 aromatic rings. The third-order valence-electron chi connectivity index (χ3n) is 4.22. The van der Waals surface area contributed by atoms with E-state index in [9.17, 15) is 8.42 Å². The maximum absolute atomic E-state index is 11.7. The number of rotatable bonds is 4. The van der Waals surface area contributed by atoms with Crippen molar-refractivity contribution in [2.75, 3.05) is 28.8 Å². The molecule has 8 heteroatoms. The fourth-order valence-electron chi connectivity index (χ4n) is 2.78. The summed E-state index contributed by atoms with van der Waals surface area (Å²) in [6, 6.07) is 7.36. The van der Waals surface area contributed by atoms with Gasteiger partial charge in [0.2, 0.25) is 0 Å². The molecule has 1 saturated heterocycles. The van der Waals surface area contributed by atoms with Crippen molar-refractivity contribution in [3.63, 3.8) is 0 Å². The molecule has 3 rings (SSSR count). The summed E-state index contributed by atoms with van der Waals surface area (Å²) in [5.41, 5.74) is 1.92. The van der Waals surface area contributed by atoms with E-state index >= 15 is 0 Å². The van der Waals surface area contributed by atoms with Crippen LogP contribution in [0.5, 0.6) is 0 Å². The zero-order valence-electron chi connectivity index (χ0n) is 13.5. The molecule has 0 amide bonds. The van der Waals surface area contributed by atoms with Gasteiger partial charge in [-0.1, -0.05) is 11.6 Å². The number of aryl methyl sites for hydroxylation is 1. The average molecular weight is 367 g/mol. The summed E-state index contributed by atoms with van der Waals surface area (Å²) < 4.78 is 23.3. The Hall–Kier alpha value is -1.86. The lowest BCUT2D eigenvalue weighted by molar-refractivity contribution is 0.600. The van der Waals surface area contributed by atoms with Crippen molar-refractivity contribution in [3.8, 4) is 0 Å². The minimum atomic E-state index is -2.93. The quantitative estimate of drug-likeness (QED) is 0.896. The first-order valence-electron chi connectivity index (χ1n) is 7.62. The number of sulfone groups is 1. The van der Waals surface area contributed by atoms with E-state index in [1.165, 1.54) is 6.33 Å². The highest BCUT2D eigenvalue weighted by Crippen LogP contribution is 2.26. The van der Waals surface area contributed by atoms with Crippen LogP contribution in [-0.4, -0.2) is 43.0 Å². The predicted octanol–water partition coefficient (Wildman–Crippen LogP) is 2.81. The lowest BCUT2D eigenvalue weighted by atomic mass is 10.2. The van der Waals surface area contributed by atoms with Gasteiger partial charge in [0.15, 0.2) is 9.84 Å². The van der Waals surface area contributed by atoms with Gasteiger partial charge in [-0.3, -0.25) is 0 Å². The Kier molecular flexibility index (Phi) is 4.64. The van der Waals surface area contributed by atoms with Gasteiger partial charge in [0.05, 0.1) is 11.5 Å². The van der Waals surface area contributed by atoms with E-state index < -0.39 is 9.84 Å². The summed E-state index contributed by atoms with van der Waals surface area (Å²) in [4.78, 5) is 10.4. The summed E-state index contributed by atoms with van der Waals surface area (Å²) in [7, 11) is -1.06. The third kappa shape index (κ3) is 3.79. The predicted molar refractivity (Wildman–Crippen MR) is 97.0 cm³/mol. The van der Waals surface area contributed by atoms with Crippen LogP contribution in [-0.2, 0) is 9.84 Å². The molecule has 1 fully saturated rings. The molecule has 1 N–H and O–H groups in total. The summed E-state index contributed by atoms with van der Waals surface area (Å²) in [5.74, 6) is 1.76. The van der Waals surface area contributed by atoms with E-state index in [0.717, 1.165) is 11.3 Å². The van der Waals surface area contributed by atoms with Crippen LogP contribution in [0.3, 0.4) is 0 Å². The molecule has 24 heavy (non-hydrogen) atoms. The molecule has 0 radical (unpaired) electrons. The lowest BCUT2D eigenvalue weighted by Gasteiger charge is -2.24. The number of nitrogens with one attached hydrogen (secondary N) is 1. The minimum absolute atomic E-state index is 0.0463. The van der Waals surface area contributed by atoms with E-state index in [1.807, 2.05) is 43.1 Å². The summed E-state index contributed by atoms with van der Waals surface area (Å²) in [6.07, 6.45) is 2.10. The molecule has 2 heterocycles. The Morgan fingerprint density at radius 2 is 2.08 bits per heavy atom. The van der Waals surface area contributed by atoms with Crippen LogP contribution in [0.25, 0.3) is 0 Å². The smallest absolute Gasteiger partial charge is 0.152 e. The molecule has 1 aliphatic rings.